The van der Waals surface area contributed by atoms with E-state index >= 15 is 0 Å². The molecule has 0 saturated heterocycles. The fourth-order valence-electron chi connectivity index (χ4n) is 0.918. The van der Waals surface area contributed by atoms with Gasteiger partial charge < -0.3 is 5.73 Å². The highest BCUT2D eigenvalue weighted by atomic mass is 79.9. The Balaban J connectivity index is 2.91. The predicted molar refractivity (Wildman–Crippen MR) is 55.9 cm³/mol. The van der Waals surface area contributed by atoms with Crippen molar-refractivity contribution in [1.29, 1.82) is 0 Å². The van der Waals surface area contributed by atoms with E-state index < -0.39 is 11.9 Å². The Kier molecular flexibility index (Phi) is 3.24. The molecule has 0 unspecified atom stereocenters. The Morgan fingerprint density at radius 1 is 1.43 bits per heavy atom. The molecule has 3 amide bonds. The molecule has 0 atom stereocenters. The second-order valence-corrected chi connectivity index (χ2v) is 3.64. The van der Waals surface area contributed by atoms with Crippen LogP contribution in [0.4, 0.5) is 4.79 Å². The summed E-state index contributed by atoms with van der Waals surface area (Å²) in [4.78, 5) is 21.7. The van der Waals surface area contributed by atoms with Gasteiger partial charge in [0.05, 0.1) is 0 Å². The Bertz CT molecular complexity index is 390. The van der Waals surface area contributed by atoms with Crippen LogP contribution in [0.5, 0.6) is 0 Å². The molecular formula is C9H9BrN2O2. The number of hydrogen-bond donors (Lipinski definition) is 2. The maximum Gasteiger partial charge on any atom is 0.319 e. The van der Waals surface area contributed by atoms with Crippen LogP contribution >= 0.6 is 15.9 Å². The van der Waals surface area contributed by atoms with Crippen molar-refractivity contribution in [1.82, 2.24) is 5.32 Å². The predicted octanol–water partition coefficient (Wildman–Crippen LogP) is 1.57. The van der Waals surface area contributed by atoms with Gasteiger partial charge in [0.1, 0.15) is 0 Å². The van der Waals surface area contributed by atoms with Crippen LogP contribution in [0.15, 0.2) is 22.7 Å². The molecule has 0 aliphatic heterocycles. The average Bonchev–Trinajstić information content (AvgIpc) is 2.08. The first-order chi connectivity index (χ1) is 6.50. The number of halogens is 1. The minimum Gasteiger partial charge on any atom is -0.351 e. The number of carbonyl (C=O) groups excluding carboxylic acids is 2. The van der Waals surface area contributed by atoms with Gasteiger partial charge in [-0.05, 0) is 24.6 Å². The van der Waals surface area contributed by atoms with Crippen molar-refractivity contribution in [3.05, 3.63) is 33.8 Å². The highest BCUT2D eigenvalue weighted by Gasteiger charge is 2.08. The number of amides is 3. The van der Waals surface area contributed by atoms with E-state index in [0.29, 0.717) is 5.56 Å². The largest absolute Gasteiger partial charge is 0.351 e. The molecule has 0 aromatic heterocycles. The van der Waals surface area contributed by atoms with Crippen molar-refractivity contribution in [2.24, 2.45) is 5.73 Å². The standard InChI is InChI=1S/C9H9BrN2O2/c1-5-2-3-6(4-7(5)10)8(13)12-9(11)14/h2-4H,1H3,(H3,11,12,13,14). The number of benzene rings is 1. The maximum atomic E-state index is 11.3. The quantitative estimate of drug-likeness (QED) is 0.801. The zero-order valence-corrected chi connectivity index (χ0v) is 9.09. The van der Waals surface area contributed by atoms with Crippen LogP contribution in [0.1, 0.15) is 15.9 Å². The molecule has 0 aliphatic rings. The summed E-state index contributed by atoms with van der Waals surface area (Å²) in [5, 5.41) is 1.98. The van der Waals surface area contributed by atoms with Gasteiger partial charge in [0.15, 0.2) is 0 Å². The van der Waals surface area contributed by atoms with Gasteiger partial charge in [-0.25, -0.2) is 4.79 Å². The molecular weight excluding hydrogens is 248 g/mol. The van der Waals surface area contributed by atoms with Gasteiger partial charge in [-0.2, -0.15) is 0 Å². The smallest absolute Gasteiger partial charge is 0.319 e. The number of nitrogens with one attached hydrogen (secondary N) is 1. The highest BCUT2D eigenvalue weighted by molar-refractivity contribution is 9.10. The van der Waals surface area contributed by atoms with E-state index in [1.807, 2.05) is 12.2 Å². The lowest BCUT2D eigenvalue weighted by atomic mass is 10.1. The van der Waals surface area contributed by atoms with E-state index in [9.17, 15) is 9.59 Å². The van der Waals surface area contributed by atoms with Crippen molar-refractivity contribution >= 4 is 27.9 Å². The van der Waals surface area contributed by atoms with Crippen LogP contribution in [0, 0.1) is 6.92 Å². The number of primary amides is 1. The molecule has 5 heteroatoms. The first-order valence-corrected chi connectivity index (χ1v) is 4.67. The number of nitrogens with two attached hydrogens (primary N) is 1. The molecule has 3 N–H and O–H groups in total. The van der Waals surface area contributed by atoms with Gasteiger partial charge in [-0.15, -0.1) is 0 Å². The summed E-state index contributed by atoms with van der Waals surface area (Å²) in [6.45, 7) is 1.90. The molecule has 0 saturated carbocycles. The minimum absolute atomic E-state index is 0.390. The summed E-state index contributed by atoms with van der Waals surface area (Å²) in [5.74, 6) is -0.502. The summed E-state index contributed by atoms with van der Waals surface area (Å²) in [6, 6.07) is 4.18. The van der Waals surface area contributed by atoms with Crippen molar-refractivity contribution in [3.8, 4) is 0 Å². The van der Waals surface area contributed by atoms with Crippen LogP contribution in [0.3, 0.4) is 0 Å². The Hall–Kier alpha value is -1.36. The molecule has 0 bridgehead atoms. The lowest BCUT2D eigenvalue weighted by Crippen LogP contribution is -2.34. The number of imide groups is 1. The topological polar surface area (TPSA) is 72.2 Å². The summed E-state index contributed by atoms with van der Waals surface area (Å²) in [6.07, 6.45) is 0. The normalized spacial score (nSPS) is 9.57. The Morgan fingerprint density at radius 3 is 2.57 bits per heavy atom. The summed E-state index contributed by atoms with van der Waals surface area (Å²) < 4.78 is 0.814. The molecule has 74 valence electrons. The van der Waals surface area contributed by atoms with Crippen molar-refractivity contribution in [2.75, 3.05) is 0 Å². The van der Waals surface area contributed by atoms with Crippen molar-refractivity contribution in [3.63, 3.8) is 0 Å². The zero-order chi connectivity index (χ0) is 10.7. The summed E-state index contributed by atoms with van der Waals surface area (Å²) >= 11 is 3.28. The molecule has 1 aromatic rings. The van der Waals surface area contributed by atoms with Crippen LogP contribution in [0.2, 0.25) is 0 Å². The number of hydrogen-bond acceptors (Lipinski definition) is 2. The average molecular weight is 257 g/mol. The maximum absolute atomic E-state index is 11.3. The van der Waals surface area contributed by atoms with E-state index in [1.54, 1.807) is 18.2 Å². The van der Waals surface area contributed by atoms with E-state index in [-0.39, 0.29) is 0 Å². The van der Waals surface area contributed by atoms with Crippen LogP contribution in [-0.4, -0.2) is 11.9 Å². The third-order valence-electron chi connectivity index (χ3n) is 1.67. The zero-order valence-electron chi connectivity index (χ0n) is 7.50. The number of aryl methyl sites for hydroxylation is 1. The molecule has 0 radical (unpaired) electrons. The third kappa shape index (κ3) is 2.56. The van der Waals surface area contributed by atoms with Gasteiger partial charge in [-0.1, -0.05) is 22.0 Å². The first-order valence-electron chi connectivity index (χ1n) is 3.87. The molecule has 0 aliphatic carbocycles. The van der Waals surface area contributed by atoms with Gasteiger partial charge in [-0.3, -0.25) is 10.1 Å². The fraction of sp³-hybridized carbons (Fsp3) is 0.111. The number of carbonyl (C=O) groups is 2. The van der Waals surface area contributed by atoms with Crippen molar-refractivity contribution < 1.29 is 9.59 Å². The lowest BCUT2D eigenvalue weighted by molar-refractivity contribution is 0.0966. The lowest BCUT2D eigenvalue weighted by Gasteiger charge is -2.03. The van der Waals surface area contributed by atoms with E-state index in [0.717, 1.165) is 10.0 Å². The molecule has 0 fully saturated rings. The van der Waals surface area contributed by atoms with Crippen LogP contribution in [0.25, 0.3) is 0 Å². The summed E-state index contributed by atoms with van der Waals surface area (Å²) in [5.41, 5.74) is 6.22. The number of urea groups is 1. The van der Waals surface area contributed by atoms with E-state index in [4.69, 9.17) is 5.73 Å². The fourth-order valence-corrected chi connectivity index (χ4v) is 1.30. The van der Waals surface area contributed by atoms with Gasteiger partial charge >= 0.3 is 6.03 Å². The van der Waals surface area contributed by atoms with Gasteiger partial charge in [0.25, 0.3) is 5.91 Å². The van der Waals surface area contributed by atoms with E-state index in [1.165, 1.54) is 0 Å². The Labute approximate surface area is 89.6 Å². The summed E-state index contributed by atoms with van der Waals surface area (Å²) in [7, 11) is 0. The van der Waals surface area contributed by atoms with E-state index in [2.05, 4.69) is 15.9 Å². The molecule has 0 spiro atoms. The number of rotatable bonds is 1. The Morgan fingerprint density at radius 2 is 2.07 bits per heavy atom. The molecule has 0 heterocycles. The van der Waals surface area contributed by atoms with Crippen LogP contribution in [-0.2, 0) is 0 Å². The monoisotopic (exact) mass is 256 g/mol. The molecule has 14 heavy (non-hydrogen) atoms. The molecule has 4 nitrogen and oxygen atoms in total. The SMILES string of the molecule is Cc1ccc(C(=O)NC(N)=O)cc1Br. The minimum atomic E-state index is -0.855. The van der Waals surface area contributed by atoms with Crippen LogP contribution < -0.4 is 11.1 Å². The third-order valence-corrected chi connectivity index (χ3v) is 2.53. The van der Waals surface area contributed by atoms with Crippen molar-refractivity contribution in [2.45, 2.75) is 6.92 Å². The first kappa shape index (κ1) is 10.7. The molecule has 1 aromatic carbocycles. The second-order valence-electron chi connectivity index (χ2n) is 2.78. The van der Waals surface area contributed by atoms with Gasteiger partial charge in [0.2, 0.25) is 0 Å². The molecule has 1 rings (SSSR count). The highest BCUT2D eigenvalue weighted by Crippen LogP contribution is 2.17. The van der Waals surface area contributed by atoms with Gasteiger partial charge in [0, 0.05) is 10.0 Å². The second kappa shape index (κ2) is 4.23.